The van der Waals surface area contributed by atoms with Crippen LogP contribution < -0.4 is 10.6 Å². The first-order chi connectivity index (χ1) is 9.91. The van der Waals surface area contributed by atoms with E-state index in [0.717, 1.165) is 51.5 Å². The zero-order chi connectivity index (χ0) is 15.8. The fourth-order valence-electron chi connectivity index (χ4n) is 2.63. The second-order valence-corrected chi connectivity index (χ2v) is 7.29. The number of hydrogen-bond donors (Lipinski definition) is 3. The average molecular weight is 299 g/mol. The van der Waals surface area contributed by atoms with Crippen molar-refractivity contribution in [1.29, 1.82) is 0 Å². The van der Waals surface area contributed by atoms with Crippen molar-refractivity contribution in [2.75, 3.05) is 40.0 Å². The number of nitrogens with one attached hydrogen (secondary N) is 2. The van der Waals surface area contributed by atoms with E-state index in [1.165, 1.54) is 6.42 Å². The van der Waals surface area contributed by atoms with Gasteiger partial charge in [0.05, 0.1) is 6.61 Å². The van der Waals surface area contributed by atoms with Crippen LogP contribution in [0.5, 0.6) is 0 Å². The van der Waals surface area contributed by atoms with Crippen LogP contribution in [0.25, 0.3) is 0 Å². The summed E-state index contributed by atoms with van der Waals surface area (Å²) in [6.45, 7) is 10.2. The van der Waals surface area contributed by atoms with Crippen molar-refractivity contribution in [2.45, 2.75) is 46.5 Å². The second-order valence-electron chi connectivity index (χ2n) is 7.29. The Morgan fingerprint density at radius 1 is 1.33 bits per heavy atom. The highest BCUT2D eigenvalue weighted by atomic mass is 16.5. The summed E-state index contributed by atoms with van der Waals surface area (Å²) in [6, 6.07) is 0. The van der Waals surface area contributed by atoms with E-state index < -0.39 is 0 Å². The van der Waals surface area contributed by atoms with Crippen LogP contribution in [-0.2, 0) is 4.74 Å². The summed E-state index contributed by atoms with van der Waals surface area (Å²) in [5, 5.41) is 16.0. The van der Waals surface area contributed by atoms with Crippen LogP contribution in [0.1, 0.15) is 46.5 Å². The van der Waals surface area contributed by atoms with Crippen molar-refractivity contribution in [3.63, 3.8) is 0 Å². The molecule has 1 rings (SSSR count). The van der Waals surface area contributed by atoms with Crippen LogP contribution in [0, 0.1) is 10.8 Å². The van der Waals surface area contributed by atoms with Gasteiger partial charge in [-0.1, -0.05) is 20.8 Å². The van der Waals surface area contributed by atoms with E-state index >= 15 is 0 Å². The van der Waals surface area contributed by atoms with E-state index in [0.29, 0.717) is 5.41 Å². The molecule has 1 aliphatic heterocycles. The third kappa shape index (κ3) is 7.14. The number of guanidine groups is 1. The molecule has 1 fully saturated rings. The predicted molar refractivity (Wildman–Crippen MR) is 87.6 cm³/mol. The van der Waals surface area contributed by atoms with Crippen molar-refractivity contribution in [1.82, 2.24) is 10.6 Å². The topological polar surface area (TPSA) is 65.9 Å². The van der Waals surface area contributed by atoms with Crippen molar-refractivity contribution in [3.8, 4) is 0 Å². The number of rotatable bonds is 7. The van der Waals surface area contributed by atoms with Gasteiger partial charge in [0.25, 0.3) is 0 Å². The Labute approximate surface area is 129 Å². The molecule has 0 aromatic heterocycles. The molecule has 3 N–H and O–H groups in total. The van der Waals surface area contributed by atoms with E-state index in [1.807, 2.05) is 0 Å². The maximum atomic E-state index is 9.23. The highest BCUT2D eigenvalue weighted by molar-refractivity contribution is 5.79. The van der Waals surface area contributed by atoms with Gasteiger partial charge in [0.2, 0.25) is 0 Å². The zero-order valence-corrected chi connectivity index (χ0v) is 14.2. The van der Waals surface area contributed by atoms with Gasteiger partial charge >= 0.3 is 0 Å². The predicted octanol–water partition coefficient (Wildman–Crippen LogP) is 1.77. The molecule has 0 spiro atoms. The summed E-state index contributed by atoms with van der Waals surface area (Å²) in [5.74, 6) is 0.841. The molecule has 1 atom stereocenters. The number of ether oxygens (including phenoxy) is 1. The molecular weight excluding hydrogens is 266 g/mol. The van der Waals surface area contributed by atoms with Gasteiger partial charge < -0.3 is 20.5 Å². The highest BCUT2D eigenvalue weighted by Gasteiger charge is 2.34. The van der Waals surface area contributed by atoms with Crippen LogP contribution in [-0.4, -0.2) is 51.0 Å². The van der Waals surface area contributed by atoms with Crippen molar-refractivity contribution < 1.29 is 9.84 Å². The fraction of sp³-hybridized carbons (Fsp3) is 0.938. The number of nitrogens with zero attached hydrogens (tertiary/aromatic N) is 1. The maximum Gasteiger partial charge on any atom is 0.190 e. The molecule has 1 unspecified atom stereocenters. The number of aliphatic hydroxyl groups is 1. The summed E-state index contributed by atoms with van der Waals surface area (Å²) >= 11 is 0. The minimum atomic E-state index is 0.0534. The Balaban J connectivity index is 2.30. The van der Waals surface area contributed by atoms with Crippen LogP contribution in [0.15, 0.2) is 4.99 Å². The molecule has 0 bridgehead atoms. The standard InChI is InChI=1S/C16H33N3O2/c1-15(2,3)6-5-9-18-14(17-4)19-12-16(7-10-20)8-11-21-13-16/h20H,5-13H2,1-4H3,(H2,17,18,19). The lowest BCUT2D eigenvalue weighted by molar-refractivity contribution is 0.127. The monoisotopic (exact) mass is 299 g/mol. The van der Waals surface area contributed by atoms with Crippen molar-refractivity contribution >= 4 is 5.96 Å². The third-order valence-electron chi connectivity index (χ3n) is 4.08. The summed E-state index contributed by atoms with van der Waals surface area (Å²) in [7, 11) is 1.79. The van der Waals surface area contributed by atoms with E-state index in [-0.39, 0.29) is 12.0 Å². The van der Waals surface area contributed by atoms with Crippen LogP contribution in [0.3, 0.4) is 0 Å². The van der Waals surface area contributed by atoms with Crippen LogP contribution in [0.2, 0.25) is 0 Å². The number of hydrogen-bond acceptors (Lipinski definition) is 3. The van der Waals surface area contributed by atoms with Gasteiger partial charge in [-0.05, 0) is 31.1 Å². The molecule has 0 aromatic rings. The molecular formula is C16H33N3O2. The molecule has 0 saturated carbocycles. The molecule has 21 heavy (non-hydrogen) atoms. The average Bonchev–Trinajstić information content (AvgIpc) is 2.86. The molecule has 0 radical (unpaired) electrons. The van der Waals surface area contributed by atoms with Gasteiger partial charge in [-0.3, -0.25) is 4.99 Å². The maximum absolute atomic E-state index is 9.23. The first-order valence-electron chi connectivity index (χ1n) is 8.04. The van der Waals surface area contributed by atoms with Crippen LogP contribution in [0.4, 0.5) is 0 Å². The van der Waals surface area contributed by atoms with Gasteiger partial charge in [-0.15, -0.1) is 0 Å². The first-order valence-corrected chi connectivity index (χ1v) is 8.04. The van der Waals surface area contributed by atoms with Gasteiger partial charge in [-0.25, -0.2) is 0 Å². The molecule has 0 amide bonds. The van der Waals surface area contributed by atoms with E-state index in [2.05, 4.69) is 36.4 Å². The largest absolute Gasteiger partial charge is 0.396 e. The Morgan fingerprint density at radius 3 is 2.62 bits per heavy atom. The second kappa shape index (κ2) is 8.59. The Hall–Kier alpha value is -0.810. The molecule has 124 valence electrons. The van der Waals surface area contributed by atoms with E-state index in [1.54, 1.807) is 7.05 Å². The summed E-state index contributed by atoms with van der Waals surface area (Å²) < 4.78 is 5.50. The molecule has 0 aliphatic carbocycles. The van der Waals surface area contributed by atoms with Gasteiger partial charge in [0.15, 0.2) is 5.96 Å². The minimum absolute atomic E-state index is 0.0534. The normalized spacial score (nSPS) is 23.4. The lowest BCUT2D eigenvalue weighted by Gasteiger charge is -2.27. The Kier molecular flexibility index (Phi) is 7.46. The quantitative estimate of drug-likeness (QED) is 0.381. The molecule has 5 nitrogen and oxygen atoms in total. The summed E-state index contributed by atoms with van der Waals surface area (Å²) in [5.41, 5.74) is 0.433. The van der Waals surface area contributed by atoms with Crippen LogP contribution >= 0.6 is 0 Å². The number of aliphatic hydroxyl groups excluding tert-OH is 1. The molecule has 1 heterocycles. The molecule has 5 heteroatoms. The SMILES string of the molecule is CN=C(NCCCC(C)(C)C)NCC1(CCO)CCOC1. The van der Waals surface area contributed by atoms with Gasteiger partial charge in [0, 0.05) is 38.8 Å². The van der Waals surface area contributed by atoms with E-state index in [4.69, 9.17) is 4.74 Å². The van der Waals surface area contributed by atoms with Gasteiger partial charge in [0.1, 0.15) is 0 Å². The Morgan fingerprint density at radius 2 is 2.10 bits per heavy atom. The Bertz CT molecular complexity index is 318. The zero-order valence-electron chi connectivity index (χ0n) is 14.2. The third-order valence-corrected chi connectivity index (χ3v) is 4.08. The van der Waals surface area contributed by atoms with Crippen molar-refractivity contribution in [3.05, 3.63) is 0 Å². The number of aliphatic imine (C=N–C) groups is 1. The molecule has 1 aliphatic rings. The minimum Gasteiger partial charge on any atom is -0.396 e. The highest BCUT2D eigenvalue weighted by Crippen LogP contribution is 2.31. The van der Waals surface area contributed by atoms with E-state index in [9.17, 15) is 5.11 Å². The summed E-state index contributed by atoms with van der Waals surface area (Å²) in [4.78, 5) is 4.27. The summed E-state index contributed by atoms with van der Waals surface area (Å²) in [6.07, 6.45) is 4.11. The smallest absolute Gasteiger partial charge is 0.190 e. The first kappa shape index (κ1) is 18.2. The lowest BCUT2D eigenvalue weighted by Crippen LogP contribution is -2.44. The lowest BCUT2D eigenvalue weighted by atomic mass is 9.84. The molecule has 0 aromatic carbocycles. The molecule has 1 saturated heterocycles. The van der Waals surface area contributed by atoms with Gasteiger partial charge in [-0.2, -0.15) is 0 Å². The fourth-order valence-corrected chi connectivity index (χ4v) is 2.63. The van der Waals surface area contributed by atoms with Crippen molar-refractivity contribution in [2.24, 2.45) is 15.8 Å².